The fraction of sp³-hybridized carbons (Fsp3) is 0.538. The van der Waals surface area contributed by atoms with Gasteiger partial charge in [-0.05, 0) is 25.0 Å². The first-order chi connectivity index (χ1) is 9.22. The zero-order chi connectivity index (χ0) is 13.7. The highest BCUT2D eigenvalue weighted by Crippen LogP contribution is 2.21. The number of aliphatic hydroxyl groups is 1. The largest absolute Gasteiger partial charge is 0.477 e. The summed E-state index contributed by atoms with van der Waals surface area (Å²) in [6.07, 6.45) is 1.72. The van der Waals surface area contributed by atoms with E-state index in [1.807, 2.05) is 4.90 Å². The van der Waals surface area contributed by atoms with Crippen LogP contribution in [0.25, 0.3) is 0 Å². The number of nitrogens with zero attached hydrogens (tertiary/aromatic N) is 2. The number of carbonyl (C=O) groups is 1. The Morgan fingerprint density at radius 3 is 2.79 bits per heavy atom. The van der Waals surface area contributed by atoms with Gasteiger partial charge in [0.2, 0.25) is 0 Å². The Balaban J connectivity index is 2.22. The smallest absolute Gasteiger partial charge is 0.354 e. The van der Waals surface area contributed by atoms with Crippen molar-refractivity contribution >= 4 is 11.8 Å². The van der Waals surface area contributed by atoms with E-state index in [9.17, 15) is 9.90 Å². The van der Waals surface area contributed by atoms with E-state index in [4.69, 9.17) is 9.84 Å². The summed E-state index contributed by atoms with van der Waals surface area (Å²) in [4.78, 5) is 17.1. The minimum Gasteiger partial charge on any atom is -0.477 e. The van der Waals surface area contributed by atoms with E-state index in [1.54, 1.807) is 12.1 Å². The predicted octanol–water partition coefficient (Wildman–Crippen LogP) is 0.758. The molecule has 2 N–H and O–H groups in total. The average molecular weight is 266 g/mol. The second-order valence-corrected chi connectivity index (χ2v) is 4.45. The monoisotopic (exact) mass is 266 g/mol. The Bertz CT molecular complexity index is 432. The summed E-state index contributed by atoms with van der Waals surface area (Å²) in [6.45, 7) is 1.83. The van der Waals surface area contributed by atoms with E-state index in [2.05, 4.69) is 4.98 Å². The number of aliphatic hydroxyl groups excluding tert-OH is 1. The number of hydrogen-bond donors (Lipinski definition) is 2. The van der Waals surface area contributed by atoms with Gasteiger partial charge in [-0.25, -0.2) is 9.78 Å². The first-order valence-electron chi connectivity index (χ1n) is 6.38. The van der Waals surface area contributed by atoms with Crippen molar-refractivity contribution < 1.29 is 19.7 Å². The maximum absolute atomic E-state index is 11.0. The van der Waals surface area contributed by atoms with Crippen LogP contribution in [0.1, 0.15) is 23.3 Å². The summed E-state index contributed by atoms with van der Waals surface area (Å²) in [7, 11) is 0. The van der Waals surface area contributed by atoms with Crippen LogP contribution < -0.4 is 4.90 Å². The van der Waals surface area contributed by atoms with Gasteiger partial charge in [-0.3, -0.25) is 0 Å². The minimum atomic E-state index is -1.04. The molecule has 104 valence electrons. The van der Waals surface area contributed by atoms with E-state index >= 15 is 0 Å². The van der Waals surface area contributed by atoms with Gasteiger partial charge in [0, 0.05) is 25.8 Å². The highest BCUT2D eigenvalue weighted by Gasteiger charge is 2.22. The molecule has 2 rings (SSSR count). The molecule has 1 saturated heterocycles. The summed E-state index contributed by atoms with van der Waals surface area (Å²) < 4.78 is 5.32. The molecule has 0 saturated carbocycles. The fourth-order valence-electron chi connectivity index (χ4n) is 2.29. The molecule has 0 unspecified atom stereocenters. The fourth-order valence-corrected chi connectivity index (χ4v) is 2.29. The summed E-state index contributed by atoms with van der Waals surface area (Å²) >= 11 is 0. The second-order valence-electron chi connectivity index (χ2n) is 4.45. The third kappa shape index (κ3) is 3.42. The third-order valence-electron chi connectivity index (χ3n) is 3.22. The molecule has 1 aliphatic heterocycles. The van der Waals surface area contributed by atoms with Crippen LogP contribution in [0.4, 0.5) is 5.82 Å². The SMILES string of the molecule is O=C(O)c1cccc(N(CCO)C2CCOCC2)n1. The summed E-state index contributed by atoms with van der Waals surface area (Å²) in [5, 5.41) is 18.2. The Labute approximate surface area is 111 Å². The number of rotatable bonds is 5. The van der Waals surface area contributed by atoms with Gasteiger partial charge < -0.3 is 19.8 Å². The molecular weight excluding hydrogens is 248 g/mol. The number of hydrogen-bond acceptors (Lipinski definition) is 5. The standard InChI is InChI=1S/C13H18N2O4/c16-7-6-15(10-4-8-19-9-5-10)12-3-1-2-11(14-12)13(17)18/h1-3,10,16H,4-9H2,(H,17,18). The minimum absolute atomic E-state index is 0.0103. The zero-order valence-electron chi connectivity index (χ0n) is 10.7. The molecule has 6 heteroatoms. The lowest BCUT2D eigenvalue weighted by molar-refractivity contribution is 0.0690. The molecule has 1 aliphatic rings. The maximum Gasteiger partial charge on any atom is 0.354 e. The van der Waals surface area contributed by atoms with Crippen molar-refractivity contribution in [2.45, 2.75) is 18.9 Å². The van der Waals surface area contributed by atoms with E-state index in [1.165, 1.54) is 6.07 Å². The molecule has 0 aliphatic carbocycles. The summed E-state index contributed by atoms with van der Waals surface area (Å²) in [5.41, 5.74) is 0.0208. The van der Waals surface area contributed by atoms with Crippen molar-refractivity contribution in [1.82, 2.24) is 4.98 Å². The second kappa shape index (κ2) is 6.49. The zero-order valence-corrected chi connectivity index (χ0v) is 10.7. The van der Waals surface area contributed by atoms with Crippen molar-refractivity contribution in [3.63, 3.8) is 0 Å². The molecule has 1 aromatic heterocycles. The van der Waals surface area contributed by atoms with E-state index in [-0.39, 0.29) is 18.3 Å². The number of aromatic nitrogens is 1. The van der Waals surface area contributed by atoms with Gasteiger partial charge in [0.05, 0.1) is 6.61 Å². The molecule has 0 amide bonds. The van der Waals surface area contributed by atoms with Gasteiger partial charge in [0.15, 0.2) is 5.69 Å². The number of carboxylic acid groups (broad SMARTS) is 1. The molecule has 0 atom stereocenters. The van der Waals surface area contributed by atoms with Crippen molar-refractivity contribution in [1.29, 1.82) is 0 Å². The van der Waals surface area contributed by atoms with Crippen LogP contribution in [0, 0.1) is 0 Å². The number of ether oxygens (including phenoxy) is 1. The van der Waals surface area contributed by atoms with E-state index in [0.717, 1.165) is 12.8 Å². The molecule has 2 heterocycles. The highest BCUT2D eigenvalue weighted by molar-refractivity contribution is 5.85. The van der Waals surface area contributed by atoms with Gasteiger partial charge >= 0.3 is 5.97 Å². The van der Waals surface area contributed by atoms with Crippen LogP contribution in [-0.4, -0.2) is 53.6 Å². The van der Waals surface area contributed by atoms with Gasteiger partial charge in [0.1, 0.15) is 5.82 Å². The molecule has 19 heavy (non-hydrogen) atoms. The lowest BCUT2D eigenvalue weighted by Crippen LogP contribution is -2.41. The Morgan fingerprint density at radius 1 is 1.42 bits per heavy atom. The quantitative estimate of drug-likeness (QED) is 0.818. The number of aromatic carboxylic acids is 1. The summed E-state index contributed by atoms with van der Waals surface area (Å²) in [6, 6.07) is 5.15. The molecule has 6 nitrogen and oxygen atoms in total. The average Bonchev–Trinajstić information content (AvgIpc) is 2.46. The molecular formula is C13H18N2O4. The molecule has 0 aromatic carbocycles. The lowest BCUT2D eigenvalue weighted by Gasteiger charge is -2.34. The van der Waals surface area contributed by atoms with Crippen LogP contribution in [0.2, 0.25) is 0 Å². The van der Waals surface area contributed by atoms with E-state index in [0.29, 0.717) is 25.6 Å². The van der Waals surface area contributed by atoms with Crippen LogP contribution in [-0.2, 0) is 4.74 Å². The molecule has 1 aromatic rings. The lowest BCUT2D eigenvalue weighted by atomic mass is 10.1. The highest BCUT2D eigenvalue weighted by atomic mass is 16.5. The van der Waals surface area contributed by atoms with Crippen molar-refractivity contribution in [3.8, 4) is 0 Å². The van der Waals surface area contributed by atoms with Crippen molar-refractivity contribution in [3.05, 3.63) is 23.9 Å². The van der Waals surface area contributed by atoms with Gasteiger partial charge in [-0.1, -0.05) is 6.07 Å². The number of pyridine rings is 1. The molecule has 0 bridgehead atoms. The Morgan fingerprint density at radius 2 is 2.16 bits per heavy atom. The Hall–Kier alpha value is -1.66. The van der Waals surface area contributed by atoms with E-state index < -0.39 is 5.97 Å². The van der Waals surface area contributed by atoms with Crippen LogP contribution in [0.3, 0.4) is 0 Å². The molecule has 0 spiro atoms. The maximum atomic E-state index is 11.0. The first kappa shape index (κ1) is 13.8. The molecule has 1 fully saturated rings. The normalized spacial score (nSPS) is 16.3. The Kier molecular flexibility index (Phi) is 4.70. The van der Waals surface area contributed by atoms with Gasteiger partial charge in [0.25, 0.3) is 0 Å². The number of carboxylic acids is 1. The first-order valence-corrected chi connectivity index (χ1v) is 6.38. The topological polar surface area (TPSA) is 82.9 Å². The summed E-state index contributed by atoms with van der Waals surface area (Å²) in [5.74, 6) is -0.446. The van der Waals surface area contributed by atoms with Crippen LogP contribution in [0.15, 0.2) is 18.2 Å². The van der Waals surface area contributed by atoms with Gasteiger partial charge in [-0.15, -0.1) is 0 Å². The van der Waals surface area contributed by atoms with Gasteiger partial charge in [-0.2, -0.15) is 0 Å². The van der Waals surface area contributed by atoms with Crippen LogP contribution >= 0.6 is 0 Å². The number of anilines is 1. The third-order valence-corrected chi connectivity index (χ3v) is 3.22. The van der Waals surface area contributed by atoms with Crippen LogP contribution in [0.5, 0.6) is 0 Å². The van der Waals surface area contributed by atoms with Crippen molar-refractivity contribution in [2.24, 2.45) is 0 Å². The molecule has 0 radical (unpaired) electrons. The van der Waals surface area contributed by atoms with Crippen molar-refractivity contribution in [2.75, 3.05) is 31.3 Å². The predicted molar refractivity (Wildman–Crippen MR) is 69.5 cm³/mol.